The van der Waals surface area contributed by atoms with Crippen LogP contribution in [0.3, 0.4) is 0 Å². The number of hydrazine groups is 2. The van der Waals surface area contributed by atoms with Crippen LogP contribution in [-0.2, 0) is 0 Å². The van der Waals surface area contributed by atoms with Gasteiger partial charge in [0, 0.05) is 40.7 Å². The molecule has 43 heavy (non-hydrogen) atoms. The number of pyridine rings is 1. The normalized spacial score (nSPS) is 18.5. The first-order valence-electron chi connectivity index (χ1n) is 14.0. The quantitative estimate of drug-likeness (QED) is 0.149. The predicted molar refractivity (Wildman–Crippen MR) is 170 cm³/mol. The van der Waals surface area contributed by atoms with Crippen LogP contribution in [-0.4, -0.2) is 28.1 Å². The van der Waals surface area contributed by atoms with Crippen LogP contribution in [0.2, 0.25) is 10.0 Å². The Bertz CT molecular complexity index is 1740. The van der Waals surface area contributed by atoms with Crippen molar-refractivity contribution < 1.29 is 4.39 Å². The number of fused-ring (bicyclic) bond motifs is 1. The number of anilines is 3. The predicted octanol–water partition coefficient (Wildman–Crippen LogP) is 7.15. The van der Waals surface area contributed by atoms with Gasteiger partial charge in [0.2, 0.25) is 0 Å². The van der Waals surface area contributed by atoms with Gasteiger partial charge in [0.05, 0.1) is 38.6 Å². The number of benzene rings is 3. The summed E-state index contributed by atoms with van der Waals surface area (Å²) < 4.78 is 13.8. The molecule has 8 nitrogen and oxygen atoms in total. The largest absolute Gasteiger partial charge is 0.373 e. The Morgan fingerprint density at radius 3 is 2.63 bits per heavy atom. The van der Waals surface area contributed by atoms with Gasteiger partial charge in [0.1, 0.15) is 11.9 Å². The number of nitrogens with one attached hydrogen (secondary N) is 5. The summed E-state index contributed by atoms with van der Waals surface area (Å²) in [5.74, 6) is -0.527. The molecule has 0 amide bonds. The Hall–Kier alpha value is -4.07. The number of halogens is 3. The van der Waals surface area contributed by atoms with Gasteiger partial charge in [-0.2, -0.15) is 5.26 Å². The lowest BCUT2D eigenvalue weighted by molar-refractivity contribution is 0.120. The third-order valence-electron chi connectivity index (χ3n) is 7.82. The molecule has 1 saturated heterocycles. The van der Waals surface area contributed by atoms with Gasteiger partial charge in [-0.1, -0.05) is 53.5 Å². The number of nitrogens with zero attached hydrogens (tertiary/aromatic N) is 3. The Labute approximate surface area is 259 Å². The molecule has 3 aromatic carbocycles. The summed E-state index contributed by atoms with van der Waals surface area (Å²) in [4.78, 5) is 4.46. The lowest BCUT2D eigenvalue weighted by Crippen LogP contribution is -2.54. The summed E-state index contributed by atoms with van der Waals surface area (Å²) in [6.45, 7) is 5.41. The molecule has 0 spiro atoms. The van der Waals surface area contributed by atoms with Gasteiger partial charge < -0.3 is 21.4 Å². The minimum Gasteiger partial charge on any atom is -0.373 e. The fraction of sp³-hybridized carbons (Fsp3) is 0.250. The molecule has 11 heteroatoms. The van der Waals surface area contributed by atoms with Crippen LogP contribution in [0, 0.1) is 17.1 Å². The molecule has 1 unspecified atom stereocenters. The first kappa shape index (κ1) is 29.0. The average molecular weight is 618 g/mol. The van der Waals surface area contributed by atoms with Gasteiger partial charge in [-0.3, -0.25) is 9.99 Å². The Morgan fingerprint density at radius 1 is 1.09 bits per heavy atom. The number of hydrogen-bond acceptors (Lipinski definition) is 8. The second kappa shape index (κ2) is 11.9. The molecule has 0 aliphatic carbocycles. The zero-order valence-corrected chi connectivity index (χ0v) is 25.2. The summed E-state index contributed by atoms with van der Waals surface area (Å²) in [7, 11) is 0. The van der Waals surface area contributed by atoms with Crippen molar-refractivity contribution in [3.63, 3.8) is 0 Å². The van der Waals surface area contributed by atoms with Crippen molar-refractivity contribution in [3.05, 3.63) is 106 Å². The molecule has 0 radical (unpaired) electrons. The van der Waals surface area contributed by atoms with E-state index < -0.39 is 5.82 Å². The molecular weight excluding hydrogens is 586 g/mol. The summed E-state index contributed by atoms with van der Waals surface area (Å²) in [6.07, 6.45) is 5.62. The first-order chi connectivity index (χ1) is 20.7. The topological polar surface area (TPSA) is 100 Å². The Morgan fingerprint density at radius 2 is 1.88 bits per heavy atom. The molecule has 1 aromatic heterocycles. The van der Waals surface area contributed by atoms with Crippen LogP contribution in [0.1, 0.15) is 43.9 Å². The third kappa shape index (κ3) is 6.19. The molecule has 0 bridgehead atoms. The fourth-order valence-corrected chi connectivity index (χ4v) is 6.15. The zero-order valence-electron chi connectivity index (χ0n) is 23.7. The molecule has 5 N–H and O–H groups in total. The second-order valence-corrected chi connectivity index (χ2v) is 12.3. The maximum Gasteiger partial charge on any atom is 0.141 e. The summed E-state index contributed by atoms with van der Waals surface area (Å²) >= 11 is 12.8. The first-order valence-corrected chi connectivity index (χ1v) is 14.8. The highest BCUT2D eigenvalue weighted by Crippen LogP contribution is 2.37. The van der Waals surface area contributed by atoms with Crippen LogP contribution in [0.5, 0.6) is 0 Å². The molecule has 1 fully saturated rings. The van der Waals surface area contributed by atoms with E-state index >= 15 is 0 Å². The summed E-state index contributed by atoms with van der Waals surface area (Å²) in [5.41, 5.74) is 11.4. The van der Waals surface area contributed by atoms with E-state index in [0.29, 0.717) is 38.9 Å². The summed E-state index contributed by atoms with van der Waals surface area (Å²) in [6, 6.07) is 20.5. The van der Waals surface area contributed by atoms with Gasteiger partial charge in [-0.05, 0) is 69.1 Å². The SMILES string of the molecule is CC1(C)CC(N2C=C([C@@H](Nc3cc(Cl)c4ncc(C#N)c(Nc5ccc(F)c(Cl)c5)c4c3)c3ccccc3)NN2)CCN1. The van der Waals surface area contributed by atoms with E-state index in [-0.39, 0.29) is 16.6 Å². The standard InChI is InChI=1S/C32H31Cl2FN8/c1-32(2)15-23(10-11-38-32)43-18-28(41-42-43)30(19-6-4-3-5-7-19)40-22-12-24-29(39-21-8-9-27(35)25(33)13-21)20(16-36)17-37-31(24)26(34)14-22/h3-9,12-14,17-18,23,30,38,40-42H,10-11,15H2,1-2H3,(H,37,39)/t23?,30-/m0/s1. The minimum atomic E-state index is -0.527. The highest BCUT2D eigenvalue weighted by Gasteiger charge is 2.33. The number of rotatable bonds is 7. The van der Waals surface area contributed by atoms with Crippen molar-refractivity contribution in [1.29, 1.82) is 5.26 Å². The second-order valence-electron chi connectivity index (χ2n) is 11.4. The third-order valence-corrected chi connectivity index (χ3v) is 8.39. The lowest BCUT2D eigenvalue weighted by Gasteiger charge is -2.40. The smallest absolute Gasteiger partial charge is 0.141 e. The average Bonchev–Trinajstić information content (AvgIpc) is 3.48. The Kier molecular flexibility index (Phi) is 8.03. The molecule has 6 rings (SSSR count). The zero-order chi connectivity index (χ0) is 30.1. The van der Waals surface area contributed by atoms with E-state index in [1.165, 1.54) is 18.3 Å². The highest BCUT2D eigenvalue weighted by molar-refractivity contribution is 6.36. The molecule has 2 aliphatic rings. The van der Waals surface area contributed by atoms with E-state index in [4.69, 9.17) is 23.2 Å². The lowest BCUT2D eigenvalue weighted by atomic mass is 9.89. The van der Waals surface area contributed by atoms with Crippen molar-refractivity contribution in [3.8, 4) is 6.07 Å². The number of piperidine rings is 1. The van der Waals surface area contributed by atoms with Crippen molar-refractivity contribution in [2.75, 3.05) is 17.2 Å². The van der Waals surface area contributed by atoms with Crippen molar-refractivity contribution in [2.24, 2.45) is 0 Å². The van der Waals surface area contributed by atoms with Crippen LogP contribution in [0.15, 0.2) is 78.8 Å². The molecule has 4 aromatic rings. The maximum absolute atomic E-state index is 13.8. The molecular formula is C32H31Cl2FN8. The van der Waals surface area contributed by atoms with Crippen LogP contribution >= 0.6 is 23.2 Å². The van der Waals surface area contributed by atoms with Gasteiger partial charge >= 0.3 is 0 Å². The van der Waals surface area contributed by atoms with E-state index in [2.05, 4.69) is 75.2 Å². The number of hydrogen-bond donors (Lipinski definition) is 5. The fourth-order valence-electron chi connectivity index (χ4n) is 5.70. The number of nitriles is 1. The molecule has 220 valence electrons. The van der Waals surface area contributed by atoms with Gasteiger partial charge in [0.25, 0.3) is 0 Å². The Balaban J connectivity index is 1.37. The van der Waals surface area contributed by atoms with Gasteiger partial charge in [-0.25, -0.2) is 4.39 Å². The summed E-state index contributed by atoms with van der Waals surface area (Å²) in [5, 5.41) is 23.5. The van der Waals surface area contributed by atoms with Crippen molar-refractivity contribution in [2.45, 2.75) is 44.3 Å². The number of aromatic nitrogens is 1. The van der Waals surface area contributed by atoms with Gasteiger partial charge in [-0.15, -0.1) is 5.53 Å². The van der Waals surface area contributed by atoms with E-state index in [1.54, 1.807) is 6.07 Å². The van der Waals surface area contributed by atoms with Crippen molar-refractivity contribution >= 4 is 51.2 Å². The van der Waals surface area contributed by atoms with Crippen LogP contribution < -0.4 is 26.9 Å². The minimum absolute atomic E-state index is 0.0268. The molecule has 3 heterocycles. The maximum atomic E-state index is 13.8. The molecule has 2 aliphatic heterocycles. The van der Waals surface area contributed by atoms with Crippen LogP contribution in [0.25, 0.3) is 10.9 Å². The highest BCUT2D eigenvalue weighted by atomic mass is 35.5. The van der Waals surface area contributed by atoms with E-state index in [1.807, 2.05) is 30.3 Å². The van der Waals surface area contributed by atoms with E-state index in [9.17, 15) is 9.65 Å². The molecule has 2 atom stereocenters. The van der Waals surface area contributed by atoms with Crippen LogP contribution in [0.4, 0.5) is 21.5 Å². The molecule has 0 saturated carbocycles. The van der Waals surface area contributed by atoms with Crippen molar-refractivity contribution in [1.82, 2.24) is 26.3 Å². The van der Waals surface area contributed by atoms with Gasteiger partial charge in [0.15, 0.2) is 0 Å². The van der Waals surface area contributed by atoms with E-state index in [0.717, 1.165) is 36.3 Å². The monoisotopic (exact) mass is 616 g/mol.